The van der Waals surface area contributed by atoms with Crippen molar-refractivity contribution in [3.05, 3.63) is 59.4 Å². The van der Waals surface area contributed by atoms with Crippen molar-refractivity contribution in [2.75, 3.05) is 20.2 Å². The Kier molecular flexibility index (Phi) is 5.87. The molecule has 1 heterocycles. The van der Waals surface area contributed by atoms with E-state index in [2.05, 4.69) is 4.90 Å². The van der Waals surface area contributed by atoms with Gasteiger partial charge in [0.15, 0.2) is 11.5 Å². The Morgan fingerprint density at radius 2 is 1.76 bits per heavy atom. The van der Waals surface area contributed by atoms with E-state index in [4.69, 9.17) is 21.7 Å². The molecule has 1 aliphatic rings. The molecule has 0 radical (unpaired) electrons. The summed E-state index contributed by atoms with van der Waals surface area (Å²) in [6, 6.07) is 12.1. The van der Waals surface area contributed by atoms with Crippen LogP contribution in [-0.4, -0.2) is 30.1 Å². The summed E-state index contributed by atoms with van der Waals surface area (Å²) in [6.07, 6.45) is 3.66. The van der Waals surface area contributed by atoms with Gasteiger partial charge in [0, 0.05) is 18.7 Å². The number of benzene rings is 2. The quantitative estimate of drug-likeness (QED) is 0.729. The Morgan fingerprint density at radius 1 is 1.04 bits per heavy atom. The second-order valence-corrected chi connectivity index (χ2v) is 6.52. The van der Waals surface area contributed by atoms with E-state index in [1.54, 1.807) is 19.2 Å². The van der Waals surface area contributed by atoms with Gasteiger partial charge in [-0.15, -0.1) is 0 Å². The first-order valence-corrected chi connectivity index (χ1v) is 8.93. The summed E-state index contributed by atoms with van der Waals surface area (Å²) in [4.78, 5) is 3.12. The lowest BCUT2D eigenvalue weighted by Gasteiger charge is -2.29. The van der Waals surface area contributed by atoms with Crippen molar-refractivity contribution in [3.63, 3.8) is 0 Å². The number of hydrogen-bond acceptors (Lipinski definition) is 3. The molecule has 0 bridgehead atoms. The highest BCUT2D eigenvalue weighted by Gasteiger charge is 2.16. The fraction of sp³-hybridized carbons (Fsp3) is 0.350. The molecule has 0 aliphatic carbocycles. The zero-order valence-corrected chi connectivity index (χ0v) is 15.2. The predicted molar refractivity (Wildman–Crippen MR) is 101 cm³/mol. The first-order chi connectivity index (χ1) is 12.2. The van der Waals surface area contributed by atoms with E-state index >= 15 is 0 Å². The van der Waals surface area contributed by atoms with E-state index in [1.807, 2.05) is 18.2 Å². The monoisotopic (exact) mass is 359 g/mol. The summed E-state index contributed by atoms with van der Waals surface area (Å²) in [7, 11) is 1.62. The maximum absolute atomic E-state index is 13.0. The highest BCUT2D eigenvalue weighted by molar-refractivity contribution is 7.80. The molecule has 3 rings (SSSR count). The third kappa shape index (κ3) is 4.48. The van der Waals surface area contributed by atoms with Gasteiger partial charge in [-0.3, -0.25) is 0 Å². The maximum atomic E-state index is 13.0. The van der Waals surface area contributed by atoms with E-state index < -0.39 is 0 Å². The molecule has 0 atom stereocenters. The zero-order valence-electron chi connectivity index (χ0n) is 14.3. The number of thiocarbonyl (C=S) groups is 1. The Balaban J connectivity index is 1.70. The minimum atomic E-state index is -0.253. The molecular formula is C20H22FNO2S. The normalized spacial score (nSPS) is 14.2. The van der Waals surface area contributed by atoms with Crippen LogP contribution in [-0.2, 0) is 6.61 Å². The smallest absolute Gasteiger partial charge is 0.161 e. The van der Waals surface area contributed by atoms with Gasteiger partial charge in [0.05, 0.1) is 7.11 Å². The van der Waals surface area contributed by atoms with Gasteiger partial charge in [0.25, 0.3) is 0 Å². The molecule has 0 aromatic heterocycles. The molecule has 2 aromatic rings. The number of methoxy groups -OCH3 is 1. The van der Waals surface area contributed by atoms with E-state index in [-0.39, 0.29) is 5.82 Å². The third-order valence-corrected chi connectivity index (χ3v) is 4.86. The second kappa shape index (κ2) is 8.30. The lowest BCUT2D eigenvalue weighted by Crippen LogP contribution is -2.34. The molecule has 0 N–H and O–H groups in total. The van der Waals surface area contributed by atoms with Gasteiger partial charge in [-0.05, 0) is 55.2 Å². The van der Waals surface area contributed by atoms with Crippen molar-refractivity contribution >= 4 is 17.2 Å². The van der Waals surface area contributed by atoms with Crippen molar-refractivity contribution in [3.8, 4) is 11.5 Å². The molecular weight excluding hydrogens is 337 g/mol. The second-order valence-electron chi connectivity index (χ2n) is 6.13. The molecule has 1 aliphatic heterocycles. The molecule has 25 heavy (non-hydrogen) atoms. The molecule has 5 heteroatoms. The van der Waals surface area contributed by atoms with Crippen molar-refractivity contribution < 1.29 is 13.9 Å². The number of halogens is 1. The number of rotatable bonds is 5. The SMILES string of the molecule is COc1cc(C(=S)N2CCCCC2)ccc1OCc1ccc(F)cc1. The van der Waals surface area contributed by atoms with E-state index in [0.29, 0.717) is 18.1 Å². The van der Waals surface area contributed by atoms with Crippen LogP contribution in [0.1, 0.15) is 30.4 Å². The van der Waals surface area contributed by atoms with Gasteiger partial charge in [0.1, 0.15) is 17.4 Å². The number of hydrogen-bond donors (Lipinski definition) is 0. The van der Waals surface area contributed by atoms with Crippen LogP contribution in [0.15, 0.2) is 42.5 Å². The van der Waals surface area contributed by atoms with Crippen LogP contribution in [0.2, 0.25) is 0 Å². The van der Waals surface area contributed by atoms with Crippen molar-refractivity contribution in [2.24, 2.45) is 0 Å². The molecule has 3 nitrogen and oxygen atoms in total. The maximum Gasteiger partial charge on any atom is 0.161 e. The van der Waals surface area contributed by atoms with Gasteiger partial charge in [0.2, 0.25) is 0 Å². The van der Waals surface area contributed by atoms with Crippen molar-refractivity contribution in [1.82, 2.24) is 4.90 Å². The lowest BCUT2D eigenvalue weighted by atomic mass is 10.1. The van der Waals surface area contributed by atoms with Gasteiger partial charge in [-0.2, -0.15) is 0 Å². The van der Waals surface area contributed by atoms with Crippen molar-refractivity contribution in [1.29, 1.82) is 0 Å². The van der Waals surface area contributed by atoms with E-state index in [0.717, 1.165) is 29.2 Å². The summed E-state index contributed by atoms with van der Waals surface area (Å²) in [5, 5.41) is 0. The first kappa shape index (κ1) is 17.7. The Morgan fingerprint density at radius 3 is 2.44 bits per heavy atom. The van der Waals surface area contributed by atoms with Gasteiger partial charge in [-0.25, -0.2) is 4.39 Å². The van der Waals surface area contributed by atoms with Gasteiger partial charge in [-0.1, -0.05) is 24.4 Å². The topological polar surface area (TPSA) is 21.7 Å². The molecule has 1 saturated heterocycles. The average Bonchev–Trinajstić information content (AvgIpc) is 2.67. The Bertz CT molecular complexity index is 727. The molecule has 0 spiro atoms. The summed E-state index contributed by atoms with van der Waals surface area (Å²) in [5.41, 5.74) is 1.87. The Hall–Kier alpha value is -2.14. The fourth-order valence-electron chi connectivity index (χ4n) is 2.94. The number of ether oxygens (including phenoxy) is 2. The zero-order chi connectivity index (χ0) is 17.6. The molecule has 0 saturated carbocycles. The first-order valence-electron chi connectivity index (χ1n) is 8.52. The van der Waals surface area contributed by atoms with Gasteiger partial charge >= 0.3 is 0 Å². The highest BCUT2D eigenvalue weighted by Crippen LogP contribution is 2.30. The molecule has 2 aromatic carbocycles. The van der Waals surface area contributed by atoms with Gasteiger partial charge < -0.3 is 14.4 Å². The standard InChI is InChI=1S/C20H22FNO2S/c1-23-19-13-16(20(25)22-11-3-2-4-12-22)7-10-18(19)24-14-15-5-8-17(21)9-6-15/h5-10,13H,2-4,11-12,14H2,1H3. The van der Waals surface area contributed by atoms with E-state index in [1.165, 1.54) is 31.4 Å². The molecule has 132 valence electrons. The predicted octanol–water partition coefficient (Wildman–Crippen LogP) is 4.57. The number of likely N-dealkylation sites (tertiary alicyclic amines) is 1. The van der Waals surface area contributed by atoms with Crippen LogP contribution in [0, 0.1) is 5.82 Å². The van der Waals surface area contributed by atoms with Crippen LogP contribution >= 0.6 is 12.2 Å². The van der Waals surface area contributed by atoms with Crippen LogP contribution in [0.3, 0.4) is 0 Å². The van der Waals surface area contributed by atoms with Crippen molar-refractivity contribution in [2.45, 2.75) is 25.9 Å². The average molecular weight is 359 g/mol. The minimum Gasteiger partial charge on any atom is -0.493 e. The molecule has 0 amide bonds. The summed E-state index contributed by atoms with van der Waals surface area (Å²) in [5.74, 6) is 1.05. The molecule has 1 fully saturated rings. The van der Waals surface area contributed by atoms with Crippen LogP contribution in [0.5, 0.6) is 11.5 Å². The summed E-state index contributed by atoms with van der Waals surface area (Å²) < 4.78 is 24.3. The van der Waals surface area contributed by atoms with Crippen LogP contribution in [0.25, 0.3) is 0 Å². The number of piperidine rings is 1. The molecule has 0 unspecified atom stereocenters. The Labute approximate surface area is 153 Å². The summed E-state index contributed by atoms with van der Waals surface area (Å²) in [6.45, 7) is 2.39. The third-order valence-electron chi connectivity index (χ3n) is 4.36. The number of nitrogens with zero attached hydrogens (tertiary/aromatic N) is 1. The van der Waals surface area contributed by atoms with Crippen LogP contribution < -0.4 is 9.47 Å². The largest absolute Gasteiger partial charge is 0.493 e. The lowest BCUT2D eigenvalue weighted by molar-refractivity contribution is 0.284. The summed E-state index contributed by atoms with van der Waals surface area (Å²) >= 11 is 5.64. The highest BCUT2D eigenvalue weighted by atomic mass is 32.1. The fourth-order valence-corrected chi connectivity index (χ4v) is 3.25. The van der Waals surface area contributed by atoms with E-state index in [9.17, 15) is 4.39 Å². The van der Waals surface area contributed by atoms with Crippen LogP contribution in [0.4, 0.5) is 4.39 Å². The minimum absolute atomic E-state index is 0.253.